The fraction of sp³-hybridized carbons (Fsp3) is 0.462. The monoisotopic (exact) mass is 509 g/mol. The molecule has 0 radical (unpaired) electrons. The van der Waals surface area contributed by atoms with Gasteiger partial charge in [-0.25, -0.2) is 8.42 Å². The number of benzene rings is 2. The fourth-order valence-corrected chi connectivity index (χ4v) is 5.83. The second-order valence-electron chi connectivity index (χ2n) is 8.75. The molecular formula is C26H30F3NO4S. The van der Waals surface area contributed by atoms with Crippen molar-refractivity contribution in [3.8, 4) is 11.8 Å². The predicted molar refractivity (Wildman–Crippen MR) is 129 cm³/mol. The average molecular weight is 510 g/mol. The number of aliphatic hydroxyl groups is 1. The standard InChI is InChI=1S/C26H30F3NO4S/c1-4-21(34-3)12-10-19-18-20(25(2,31)26(27,28)29)11-13-24(19)30-16-14-23(15-17-30)35(32,33)22-8-6-5-7-9-22/h5-9,11,13,18,21,23,31H,4,14-17H2,1-3H3/t21-,25?/m0/s1. The van der Waals surface area contributed by atoms with Crippen LogP contribution in [0.1, 0.15) is 44.2 Å². The molecule has 9 heteroatoms. The molecule has 0 amide bonds. The zero-order valence-electron chi connectivity index (χ0n) is 20.0. The van der Waals surface area contributed by atoms with Gasteiger partial charge in [0, 0.05) is 25.8 Å². The van der Waals surface area contributed by atoms with E-state index in [0.29, 0.717) is 50.5 Å². The van der Waals surface area contributed by atoms with Crippen LogP contribution < -0.4 is 4.90 Å². The molecule has 35 heavy (non-hydrogen) atoms. The second-order valence-corrected chi connectivity index (χ2v) is 11.0. The van der Waals surface area contributed by atoms with Crippen molar-refractivity contribution in [1.29, 1.82) is 0 Å². The molecule has 0 aromatic heterocycles. The number of alkyl halides is 3. The number of methoxy groups -OCH3 is 1. The number of sulfone groups is 1. The number of anilines is 1. The van der Waals surface area contributed by atoms with Crippen molar-refractivity contribution in [2.45, 2.75) is 61.1 Å². The van der Waals surface area contributed by atoms with Crippen LogP contribution in [0.25, 0.3) is 0 Å². The molecule has 3 rings (SSSR count). The summed E-state index contributed by atoms with van der Waals surface area (Å²) in [5, 5.41) is 9.63. The van der Waals surface area contributed by atoms with E-state index in [1.165, 1.54) is 25.3 Å². The van der Waals surface area contributed by atoms with E-state index in [1.807, 2.05) is 11.8 Å². The maximum absolute atomic E-state index is 13.5. The molecule has 1 heterocycles. The molecule has 0 saturated carbocycles. The number of ether oxygens (including phenoxy) is 1. The Morgan fingerprint density at radius 3 is 2.31 bits per heavy atom. The smallest absolute Gasteiger partial charge is 0.376 e. The molecule has 1 aliphatic rings. The Bertz CT molecular complexity index is 1170. The first-order valence-electron chi connectivity index (χ1n) is 11.4. The van der Waals surface area contributed by atoms with Gasteiger partial charge in [0.15, 0.2) is 15.4 Å². The Kier molecular flexibility index (Phi) is 8.20. The zero-order valence-corrected chi connectivity index (χ0v) is 20.8. The minimum atomic E-state index is -4.86. The minimum absolute atomic E-state index is 0.286. The molecular weight excluding hydrogens is 479 g/mol. The van der Waals surface area contributed by atoms with E-state index in [1.54, 1.807) is 30.3 Å². The van der Waals surface area contributed by atoms with Crippen molar-refractivity contribution in [1.82, 2.24) is 0 Å². The van der Waals surface area contributed by atoms with Crippen LogP contribution in [0.5, 0.6) is 0 Å². The first kappa shape index (κ1) is 27.1. The summed E-state index contributed by atoms with van der Waals surface area (Å²) in [5.74, 6) is 5.86. The van der Waals surface area contributed by atoms with E-state index in [0.717, 1.165) is 0 Å². The molecule has 1 saturated heterocycles. The van der Waals surface area contributed by atoms with E-state index < -0.39 is 33.0 Å². The summed E-state index contributed by atoms with van der Waals surface area (Å²) >= 11 is 0. The van der Waals surface area contributed by atoms with E-state index >= 15 is 0 Å². The molecule has 0 aliphatic carbocycles. The number of hydrogen-bond donors (Lipinski definition) is 1. The molecule has 1 aliphatic heterocycles. The Morgan fingerprint density at radius 2 is 1.77 bits per heavy atom. The van der Waals surface area contributed by atoms with Crippen molar-refractivity contribution in [3.05, 3.63) is 59.7 Å². The van der Waals surface area contributed by atoms with Crippen LogP contribution in [0.3, 0.4) is 0 Å². The van der Waals surface area contributed by atoms with Gasteiger partial charge in [0.2, 0.25) is 0 Å². The van der Waals surface area contributed by atoms with Crippen LogP contribution in [0.15, 0.2) is 53.4 Å². The highest BCUT2D eigenvalue weighted by atomic mass is 32.2. The van der Waals surface area contributed by atoms with Crippen LogP contribution in [0.4, 0.5) is 18.9 Å². The molecule has 1 N–H and O–H groups in total. The first-order valence-corrected chi connectivity index (χ1v) is 13.0. The van der Waals surface area contributed by atoms with Crippen molar-refractivity contribution < 1.29 is 31.4 Å². The third kappa shape index (κ3) is 5.83. The summed E-state index contributed by atoms with van der Waals surface area (Å²) in [7, 11) is -1.97. The molecule has 2 aromatic carbocycles. The van der Waals surface area contributed by atoms with Gasteiger partial charge < -0.3 is 14.7 Å². The molecule has 1 fully saturated rings. The predicted octanol–water partition coefficient (Wildman–Crippen LogP) is 4.68. The quantitative estimate of drug-likeness (QED) is 0.573. The Labute approximate surface area is 204 Å². The average Bonchev–Trinajstić information content (AvgIpc) is 2.84. The lowest BCUT2D eigenvalue weighted by Gasteiger charge is -2.34. The van der Waals surface area contributed by atoms with E-state index in [-0.39, 0.29) is 10.5 Å². The second kappa shape index (κ2) is 10.6. The van der Waals surface area contributed by atoms with E-state index in [9.17, 15) is 26.7 Å². The van der Waals surface area contributed by atoms with Gasteiger partial charge in [-0.2, -0.15) is 13.2 Å². The van der Waals surface area contributed by atoms with Gasteiger partial charge in [0.25, 0.3) is 0 Å². The number of piperidine rings is 1. The van der Waals surface area contributed by atoms with Crippen molar-refractivity contribution in [2.75, 3.05) is 25.1 Å². The summed E-state index contributed by atoms with van der Waals surface area (Å²) in [5.41, 5.74) is -2.43. The third-order valence-corrected chi connectivity index (χ3v) is 8.71. The van der Waals surface area contributed by atoms with Crippen molar-refractivity contribution >= 4 is 15.5 Å². The van der Waals surface area contributed by atoms with Crippen LogP contribution in [-0.2, 0) is 20.2 Å². The molecule has 2 atom stereocenters. The summed E-state index contributed by atoms with van der Waals surface area (Å²) in [6.45, 7) is 3.40. The van der Waals surface area contributed by atoms with Gasteiger partial charge in [0.1, 0.15) is 6.10 Å². The molecule has 0 spiro atoms. The lowest BCUT2D eigenvalue weighted by molar-refractivity contribution is -0.258. The van der Waals surface area contributed by atoms with Gasteiger partial charge in [0.05, 0.1) is 15.8 Å². The molecule has 190 valence electrons. The van der Waals surface area contributed by atoms with Gasteiger partial charge in [-0.05, 0) is 56.0 Å². The number of halogens is 3. The first-order chi connectivity index (χ1) is 16.4. The Balaban J connectivity index is 1.91. The molecule has 1 unspecified atom stereocenters. The topological polar surface area (TPSA) is 66.8 Å². The normalized spacial score (nSPS) is 17.9. The number of rotatable bonds is 6. The van der Waals surface area contributed by atoms with Crippen molar-refractivity contribution in [3.63, 3.8) is 0 Å². The highest BCUT2D eigenvalue weighted by Crippen LogP contribution is 2.40. The third-order valence-electron chi connectivity index (χ3n) is 6.43. The zero-order chi connectivity index (χ0) is 25.9. The summed E-state index contributed by atoms with van der Waals surface area (Å²) in [4.78, 5) is 2.22. The van der Waals surface area contributed by atoms with Crippen LogP contribution in [0.2, 0.25) is 0 Å². The van der Waals surface area contributed by atoms with Crippen LogP contribution in [0, 0.1) is 11.8 Å². The van der Waals surface area contributed by atoms with Crippen LogP contribution in [-0.4, -0.2) is 51.3 Å². The highest BCUT2D eigenvalue weighted by Gasteiger charge is 2.51. The maximum atomic E-state index is 13.5. The van der Waals surface area contributed by atoms with E-state index in [2.05, 4.69) is 11.8 Å². The van der Waals surface area contributed by atoms with Gasteiger partial charge in [-0.3, -0.25) is 0 Å². The highest BCUT2D eigenvalue weighted by molar-refractivity contribution is 7.92. The molecule has 0 bridgehead atoms. The maximum Gasteiger partial charge on any atom is 0.421 e. The largest absolute Gasteiger partial charge is 0.421 e. The molecule has 5 nitrogen and oxygen atoms in total. The lowest BCUT2D eigenvalue weighted by Crippen LogP contribution is -2.40. The fourth-order valence-electron chi connectivity index (χ4n) is 4.07. The lowest BCUT2D eigenvalue weighted by atomic mass is 9.92. The van der Waals surface area contributed by atoms with Crippen molar-refractivity contribution in [2.24, 2.45) is 0 Å². The van der Waals surface area contributed by atoms with Gasteiger partial charge >= 0.3 is 6.18 Å². The van der Waals surface area contributed by atoms with Gasteiger partial charge in [-0.1, -0.05) is 43.0 Å². The summed E-state index contributed by atoms with van der Waals surface area (Å²) < 4.78 is 71.6. The summed E-state index contributed by atoms with van der Waals surface area (Å²) in [6, 6.07) is 12.3. The summed E-state index contributed by atoms with van der Waals surface area (Å²) in [6.07, 6.45) is -3.90. The van der Waals surface area contributed by atoms with Gasteiger partial charge in [-0.15, -0.1) is 0 Å². The Hall–Kier alpha value is -2.54. The SMILES string of the molecule is CC[C@@H](C#Cc1cc(C(C)(O)C(F)(F)F)ccc1N1CCC(S(=O)(=O)c2ccccc2)CC1)OC. The van der Waals surface area contributed by atoms with Crippen LogP contribution >= 0.6 is 0 Å². The Morgan fingerprint density at radius 1 is 1.14 bits per heavy atom. The number of hydrogen-bond acceptors (Lipinski definition) is 5. The molecule has 2 aromatic rings. The minimum Gasteiger partial charge on any atom is -0.376 e. The number of nitrogens with zero attached hydrogens (tertiary/aromatic N) is 1. The van der Waals surface area contributed by atoms with E-state index in [4.69, 9.17) is 4.74 Å².